The van der Waals surface area contributed by atoms with Crippen molar-refractivity contribution in [2.75, 3.05) is 0 Å². The van der Waals surface area contributed by atoms with Crippen molar-refractivity contribution in [3.8, 4) is 6.07 Å². The van der Waals surface area contributed by atoms with Crippen molar-refractivity contribution in [2.24, 2.45) is 11.8 Å². The molecule has 3 rings (SSSR count). The Hall–Kier alpha value is -1.34. The van der Waals surface area contributed by atoms with Gasteiger partial charge >= 0.3 is 0 Å². The third-order valence-corrected chi connectivity index (χ3v) is 7.80. The summed E-state index contributed by atoms with van der Waals surface area (Å²) in [7, 11) is -3.61. The van der Waals surface area contributed by atoms with Gasteiger partial charge in [-0.3, -0.25) is 0 Å². The lowest BCUT2D eigenvalue weighted by atomic mass is 9.65. The minimum absolute atomic E-state index is 0.00945. The predicted molar refractivity (Wildman–Crippen MR) is 81.3 cm³/mol. The Balaban J connectivity index is 2.09. The molecule has 2 fully saturated rings. The zero-order valence-corrected chi connectivity index (χ0v) is 13.0. The summed E-state index contributed by atoms with van der Waals surface area (Å²) >= 11 is 0. The van der Waals surface area contributed by atoms with E-state index in [-0.39, 0.29) is 5.92 Å². The van der Waals surface area contributed by atoms with Crippen molar-refractivity contribution >= 4 is 9.84 Å². The molecule has 0 radical (unpaired) electrons. The summed E-state index contributed by atoms with van der Waals surface area (Å²) in [5, 5.41) is 9.85. The number of hydrogen-bond donors (Lipinski definition) is 0. The molecule has 0 N–H and O–H groups in total. The van der Waals surface area contributed by atoms with Crippen LogP contribution in [0.5, 0.6) is 0 Å². The average Bonchev–Trinajstić information content (AvgIpc) is 2.55. The van der Waals surface area contributed by atoms with Crippen LogP contribution in [-0.2, 0) is 9.84 Å². The summed E-state index contributed by atoms with van der Waals surface area (Å²) in [5.41, 5.74) is 0. The van der Waals surface area contributed by atoms with Gasteiger partial charge in [-0.25, -0.2) is 8.42 Å². The highest BCUT2D eigenvalue weighted by Gasteiger charge is 2.55. The number of rotatable bonds is 2. The Morgan fingerprint density at radius 3 is 2.43 bits per heavy atom. The van der Waals surface area contributed by atoms with Crippen LogP contribution in [0.15, 0.2) is 35.2 Å². The third-order valence-electron chi connectivity index (χ3n) is 5.35. The van der Waals surface area contributed by atoms with Crippen LogP contribution >= 0.6 is 0 Å². The van der Waals surface area contributed by atoms with Crippen LogP contribution in [0.3, 0.4) is 0 Å². The quantitative estimate of drug-likeness (QED) is 0.836. The largest absolute Gasteiger partial charge is 0.222 e. The van der Waals surface area contributed by atoms with Crippen LogP contribution < -0.4 is 0 Å². The second-order valence-corrected chi connectivity index (χ2v) is 8.57. The smallest absolute Gasteiger partial charge is 0.197 e. The zero-order chi connectivity index (χ0) is 14.9. The first-order chi connectivity index (χ1) is 10.1. The SMILES string of the molecule is N#CC1(S(=O)(=O)c2ccccc2)CCC[C@@H]2CCCC[C@@H]21. The van der Waals surface area contributed by atoms with E-state index in [1.807, 2.05) is 6.07 Å². The van der Waals surface area contributed by atoms with Crippen molar-refractivity contribution in [1.29, 1.82) is 5.26 Å². The van der Waals surface area contributed by atoms with Gasteiger partial charge in [0.05, 0.1) is 11.0 Å². The molecule has 1 unspecified atom stereocenters. The molecule has 0 aromatic heterocycles. The molecule has 2 saturated carbocycles. The minimum Gasteiger partial charge on any atom is -0.222 e. The molecule has 1 aromatic carbocycles. The normalized spacial score (nSPS) is 32.9. The standard InChI is InChI=1S/C17H21NO2S/c18-13-17(21(19,20)15-9-2-1-3-10-15)12-6-8-14-7-4-5-11-16(14)17/h1-3,9-10,14,16H,4-8,11-12H2/t14-,16-,17?/m0/s1. The predicted octanol–water partition coefficient (Wildman–Crippen LogP) is 3.71. The van der Waals surface area contributed by atoms with Crippen LogP contribution in [0, 0.1) is 23.2 Å². The fraction of sp³-hybridized carbons (Fsp3) is 0.588. The molecule has 3 nitrogen and oxygen atoms in total. The number of fused-ring (bicyclic) bond motifs is 1. The summed E-state index contributed by atoms with van der Waals surface area (Å²) in [6.07, 6.45) is 6.60. The summed E-state index contributed by atoms with van der Waals surface area (Å²) < 4.78 is 25.1. The lowest BCUT2D eigenvalue weighted by molar-refractivity contribution is 0.146. The number of nitriles is 1. The number of sulfone groups is 1. The van der Waals surface area contributed by atoms with E-state index < -0.39 is 14.6 Å². The van der Waals surface area contributed by atoms with E-state index >= 15 is 0 Å². The van der Waals surface area contributed by atoms with Gasteiger partial charge in [-0.15, -0.1) is 0 Å². The summed E-state index contributed by atoms with van der Waals surface area (Å²) in [5.74, 6) is 0.417. The molecule has 21 heavy (non-hydrogen) atoms. The monoisotopic (exact) mass is 303 g/mol. The van der Waals surface area contributed by atoms with E-state index in [1.54, 1.807) is 24.3 Å². The molecule has 4 heteroatoms. The Kier molecular flexibility index (Phi) is 3.79. The molecule has 3 atom stereocenters. The topological polar surface area (TPSA) is 57.9 Å². The van der Waals surface area contributed by atoms with Crippen LogP contribution in [-0.4, -0.2) is 13.2 Å². The maximum Gasteiger partial charge on any atom is 0.197 e. The van der Waals surface area contributed by atoms with E-state index in [0.29, 0.717) is 17.2 Å². The summed E-state index contributed by atoms with van der Waals surface area (Å²) in [6.45, 7) is 0. The zero-order valence-electron chi connectivity index (χ0n) is 12.2. The lowest BCUT2D eigenvalue weighted by Crippen LogP contribution is -2.51. The molecule has 0 bridgehead atoms. The van der Waals surface area contributed by atoms with Gasteiger partial charge in [0.2, 0.25) is 0 Å². The van der Waals surface area contributed by atoms with Gasteiger partial charge in [-0.05, 0) is 36.8 Å². The van der Waals surface area contributed by atoms with Gasteiger partial charge in [0.15, 0.2) is 14.6 Å². The molecular weight excluding hydrogens is 282 g/mol. The maximum absolute atomic E-state index is 13.2. The van der Waals surface area contributed by atoms with Crippen LogP contribution in [0.4, 0.5) is 0 Å². The highest BCUT2D eigenvalue weighted by molar-refractivity contribution is 7.93. The highest BCUT2D eigenvalue weighted by Crippen LogP contribution is 2.51. The fourth-order valence-corrected chi connectivity index (χ4v) is 6.50. The molecule has 0 aliphatic heterocycles. The molecule has 2 aliphatic rings. The maximum atomic E-state index is 13.2. The lowest BCUT2D eigenvalue weighted by Gasteiger charge is -2.45. The first-order valence-electron chi connectivity index (χ1n) is 7.83. The first-order valence-corrected chi connectivity index (χ1v) is 9.31. The second-order valence-electron chi connectivity index (χ2n) is 6.36. The van der Waals surface area contributed by atoms with Gasteiger partial charge in [-0.1, -0.05) is 50.3 Å². The fourth-order valence-electron chi connectivity index (χ4n) is 4.32. The van der Waals surface area contributed by atoms with Gasteiger partial charge in [0.1, 0.15) is 0 Å². The minimum atomic E-state index is -3.61. The number of nitrogens with zero attached hydrogens (tertiary/aromatic N) is 1. The molecule has 2 aliphatic carbocycles. The molecule has 0 heterocycles. The Bertz CT molecular complexity index is 645. The van der Waals surface area contributed by atoms with Crippen molar-refractivity contribution in [3.05, 3.63) is 30.3 Å². The van der Waals surface area contributed by atoms with Crippen molar-refractivity contribution < 1.29 is 8.42 Å². The Morgan fingerprint density at radius 2 is 1.71 bits per heavy atom. The Labute approximate surface area is 126 Å². The summed E-state index contributed by atoms with van der Waals surface area (Å²) in [6, 6.07) is 10.8. The molecular formula is C17H21NO2S. The summed E-state index contributed by atoms with van der Waals surface area (Å²) in [4.78, 5) is 0.303. The van der Waals surface area contributed by atoms with Crippen molar-refractivity contribution in [3.63, 3.8) is 0 Å². The highest BCUT2D eigenvalue weighted by atomic mass is 32.2. The molecule has 112 valence electrons. The van der Waals surface area contributed by atoms with Gasteiger partial charge in [0, 0.05) is 0 Å². The Morgan fingerprint density at radius 1 is 1.05 bits per heavy atom. The van der Waals surface area contributed by atoms with Crippen molar-refractivity contribution in [1.82, 2.24) is 0 Å². The average molecular weight is 303 g/mol. The third kappa shape index (κ3) is 2.19. The van der Waals surface area contributed by atoms with E-state index in [9.17, 15) is 13.7 Å². The number of hydrogen-bond acceptors (Lipinski definition) is 3. The van der Waals surface area contributed by atoms with E-state index in [4.69, 9.17) is 0 Å². The van der Waals surface area contributed by atoms with Crippen LogP contribution in [0.1, 0.15) is 44.9 Å². The van der Waals surface area contributed by atoms with Crippen LogP contribution in [0.2, 0.25) is 0 Å². The van der Waals surface area contributed by atoms with Gasteiger partial charge in [-0.2, -0.15) is 5.26 Å². The van der Waals surface area contributed by atoms with Gasteiger partial charge < -0.3 is 0 Å². The van der Waals surface area contributed by atoms with Crippen LogP contribution in [0.25, 0.3) is 0 Å². The first kappa shape index (κ1) is 14.6. The molecule has 1 aromatic rings. The van der Waals surface area contributed by atoms with E-state index in [2.05, 4.69) is 6.07 Å². The molecule has 0 saturated heterocycles. The number of benzene rings is 1. The molecule has 0 amide bonds. The van der Waals surface area contributed by atoms with Crippen molar-refractivity contribution in [2.45, 2.75) is 54.6 Å². The van der Waals surface area contributed by atoms with E-state index in [0.717, 1.165) is 32.1 Å². The molecule has 0 spiro atoms. The van der Waals surface area contributed by atoms with E-state index in [1.165, 1.54) is 6.42 Å². The second kappa shape index (κ2) is 5.46. The van der Waals surface area contributed by atoms with Gasteiger partial charge in [0.25, 0.3) is 0 Å².